The van der Waals surface area contributed by atoms with Gasteiger partial charge in [0.05, 0.1) is 0 Å². The summed E-state index contributed by atoms with van der Waals surface area (Å²) in [5.41, 5.74) is 6.53. The Balaban J connectivity index is 0.00000121. The zero-order chi connectivity index (χ0) is 13.1. The number of hydrogen-bond donors (Lipinski definition) is 1. The number of nitrogens with two attached hydrogens (primary N) is 1. The molecule has 0 aliphatic heterocycles. The molecule has 0 aromatic carbocycles. The Bertz CT molecular complexity index is 272. The summed E-state index contributed by atoms with van der Waals surface area (Å²) in [6.07, 6.45) is 5.30. The molecular formula is C14H26N2O. The SMILES string of the molecule is CC.CCCC(CC)Oc1ccc(CN)cn1. The van der Waals surface area contributed by atoms with Gasteiger partial charge in [-0.3, -0.25) is 0 Å². The van der Waals surface area contributed by atoms with E-state index in [4.69, 9.17) is 10.5 Å². The molecule has 0 bridgehead atoms. The lowest BCUT2D eigenvalue weighted by Crippen LogP contribution is -2.15. The summed E-state index contributed by atoms with van der Waals surface area (Å²) in [6, 6.07) is 3.85. The number of nitrogens with zero attached hydrogens (tertiary/aromatic N) is 1. The van der Waals surface area contributed by atoms with E-state index < -0.39 is 0 Å². The first-order chi connectivity index (χ1) is 8.30. The molecule has 3 nitrogen and oxygen atoms in total. The Labute approximate surface area is 105 Å². The fourth-order valence-corrected chi connectivity index (χ4v) is 1.44. The molecule has 1 unspecified atom stereocenters. The molecule has 0 saturated carbocycles. The van der Waals surface area contributed by atoms with Crippen LogP contribution in [0.2, 0.25) is 0 Å². The average Bonchev–Trinajstić information content (AvgIpc) is 2.41. The van der Waals surface area contributed by atoms with Crippen molar-refractivity contribution >= 4 is 0 Å². The second-order valence-corrected chi connectivity index (χ2v) is 3.65. The molecule has 2 N–H and O–H groups in total. The number of rotatable bonds is 6. The van der Waals surface area contributed by atoms with Crippen molar-refractivity contribution in [2.75, 3.05) is 0 Å². The van der Waals surface area contributed by atoms with Gasteiger partial charge in [0, 0.05) is 18.8 Å². The van der Waals surface area contributed by atoms with Gasteiger partial charge in [-0.05, 0) is 18.4 Å². The van der Waals surface area contributed by atoms with Gasteiger partial charge in [0.2, 0.25) is 5.88 Å². The van der Waals surface area contributed by atoms with Gasteiger partial charge in [0.1, 0.15) is 6.10 Å². The van der Waals surface area contributed by atoms with E-state index in [1.54, 1.807) is 6.20 Å². The van der Waals surface area contributed by atoms with Crippen LogP contribution in [0.15, 0.2) is 18.3 Å². The molecule has 1 atom stereocenters. The molecule has 0 fully saturated rings. The van der Waals surface area contributed by atoms with Crippen molar-refractivity contribution in [3.05, 3.63) is 23.9 Å². The Morgan fingerprint density at radius 3 is 2.41 bits per heavy atom. The van der Waals surface area contributed by atoms with Gasteiger partial charge in [0.15, 0.2) is 0 Å². The van der Waals surface area contributed by atoms with E-state index in [9.17, 15) is 0 Å². The minimum Gasteiger partial charge on any atom is -0.474 e. The van der Waals surface area contributed by atoms with E-state index in [-0.39, 0.29) is 6.10 Å². The number of pyridine rings is 1. The monoisotopic (exact) mass is 238 g/mol. The van der Waals surface area contributed by atoms with E-state index in [1.807, 2.05) is 26.0 Å². The third-order valence-electron chi connectivity index (χ3n) is 2.39. The second kappa shape index (κ2) is 10.1. The smallest absolute Gasteiger partial charge is 0.213 e. The van der Waals surface area contributed by atoms with Crippen molar-refractivity contribution < 1.29 is 4.74 Å². The maximum Gasteiger partial charge on any atom is 0.213 e. The van der Waals surface area contributed by atoms with Crippen LogP contribution in [-0.4, -0.2) is 11.1 Å². The van der Waals surface area contributed by atoms with Crippen LogP contribution in [0.5, 0.6) is 5.88 Å². The van der Waals surface area contributed by atoms with E-state index in [1.165, 1.54) is 0 Å². The predicted octanol–water partition coefficient (Wildman–Crippen LogP) is 3.52. The first-order valence-electron chi connectivity index (χ1n) is 6.61. The highest BCUT2D eigenvalue weighted by molar-refractivity contribution is 5.17. The Kier molecular flexibility index (Phi) is 9.44. The van der Waals surface area contributed by atoms with Crippen molar-refractivity contribution in [2.24, 2.45) is 5.73 Å². The molecule has 0 aliphatic carbocycles. The molecule has 1 heterocycles. The first-order valence-corrected chi connectivity index (χ1v) is 6.61. The van der Waals surface area contributed by atoms with Crippen molar-refractivity contribution in [3.63, 3.8) is 0 Å². The van der Waals surface area contributed by atoms with Crippen molar-refractivity contribution in [1.82, 2.24) is 4.98 Å². The van der Waals surface area contributed by atoms with Gasteiger partial charge in [-0.1, -0.05) is 40.2 Å². The molecule has 1 aromatic heterocycles. The van der Waals surface area contributed by atoms with Crippen molar-refractivity contribution in [2.45, 2.75) is 59.6 Å². The van der Waals surface area contributed by atoms with Gasteiger partial charge >= 0.3 is 0 Å². The molecule has 17 heavy (non-hydrogen) atoms. The first kappa shape index (κ1) is 15.9. The Hall–Kier alpha value is -1.09. The highest BCUT2D eigenvalue weighted by atomic mass is 16.5. The average molecular weight is 238 g/mol. The lowest BCUT2D eigenvalue weighted by molar-refractivity contribution is 0.178. The highest BCUT2D eigenvalue weighted by Gasteiger charge is 2.07. The molecular weight excluding hydrogens is 212 g/mol. The summed E-state index contributed by atoms with van der Waals surface area (Å²) in [6.45, 7) is 8.82. The van der Waals surface area contributed by atoms with Crippen LogP contribution in [0.3, 0.4) is 0 Å². The second-order valence-electron chi connectivity index (χ2n) is 3.65. The largest absolute Gasteiger partial charge is 0.474 e. The van der Waals surface area contributed by atoms with Crippen LogP contribution in [0.1, 0.15) is 52.5 Å². The number of hydrogen-bond acceptors (Lipinski definition) is 3. The summed E-state index contributed by atoms with van der Waals surface area (Å²) in [5, 5.41) is 0. The third kappa shape index (κ3) is 6.27. The van der Waals surface area contributed by atoms with Gasteiger partial charge < -0.3 is 10.5 Å². The van der Waals surface area contributed by atoms with E-state index in [0.717, 1.165) is 24.8 Å². The van der Waals surface area contributed by atoms with Crippen LogP contribution in [0.4, 0.5) is 0 Å². The van der Waals surface area contributed by atoms with E-state index in [0.29, 0.717) is 12.4 Å². The molecule has 1 aromatic rings. The maximum absolute atomic E-state index is 5.75. The minimum absolute atomic E-state index is 0.284. The van der Waals surface area contributed by atoms with Crippen LogP contribution < -0.4 is 10.5 Å². The zero-order valence-corrected chi connectivity index (χ0v) is 11.6. The van der Waals surface area contributed by atoms with E-state index in [2.05, 4.69) is 18.8 Å². The van der Waals surface area contributed by atoms with Crippen LogP contribution in [-0.2, 0) is 6.54 Å². The van der Waals surface area contributed by atoms with Crippen molar-refractivity contribution in [3.8, 4) is 5.88 Å². The topological polar surface area (TPSA) is 48.1 Å². The molecule has 0 aliphatic rings. The molecule has 1 rings (SSSR count). The molecule has 98 valence electrons. The standard InChI is InChI=1S/C12H20N2O.C2H6/c1-3-5-11(4-2)15-12-7-6-10(8-13)9-14-12;1-2/h6-7,9,11H,3-5,8,13H2,1-2H3;1-2H3. The van der Waals surface area contributed by atoms with Gasteiger partial charge in [-0.15, -0.1) is 0 Å². The molecule has 0 saturated heterocycles. The number of ether oxygens (including phenoxy) is 1. The molecule has 0 radical (unpaired) electrons. The lowest BCUT2D eigenvalue weighted by atomic mass is 10.1. The van der Waals surface area contributed by atoms with Crippen molar-refractivity contribution in [1.29, 1.82) is 0 Å². The minimum atomic E-state index is 0.284. The van der Waals surface area contributed by atoms with Gasteiger partial charge in [-0.2, -0.15) is 0 Å². The Morgan fingerprint density at radius 2 is 2.00 bits per heavy atom. The summed E-state index contributed by atoms with van der Waals surface area (Å²) < 4.78 is 5.75. The third-order valence-corrected chi connectivity index (χ3v) is 2.39. The fourth-order valence-electron chi connectivity index (χ4n) is 1.44. The molecule has 0 spiro atoms. The normalized spacial score (nSPS) is 11.4. The van der Waals surface area contributed by atoms with E-state index >= 15 is 0 Å². The summed E-state index contributed by atoms with van der Waals surface area (Å²) >= 11 is 0. The van der Waals surface area contributed by atoms with Gasteiger partial charge in [-0.25, -0.2) is 4.98 Å². The van der Waals surface area contributed by atoms with Crippen LogP contribution >= 0.6 is 0 Å². The Morgan fingerprint density at radius 1 is 1.29 bits per heavy atom. The zero-order valence-electron chi connectivity index (χ0n) is 11.6. The van der Waals surface area contributed by atoms with Crippen LogP contribution in [0.25, 0.3) is 0 Å². The molecule has 3 heteroatoms. The van der Waals surface area contributed by atoms with Gasteiger partial charge in [0.25, 0.3) is 0 Å². The quantitative estimate of drug-likeness (QED) is 0.824. The summed E-state index contributed by atoms with van der Waals surface area (Å²) in [5.74, 6) is 0.701. The predicted molar refractivity (Wildman–Crippen MR) is 73.1 cm³/mol. The summed E-state index contributed by atoms with van der Waals surface area (Å²) in [4.78, 5) is 4.22. The molecule has 0 amide bonds. The maximum atomic E-state index is 5.75. The summed E-state index contributed by atoms with van der Waals surface area (Å²) in [7, 11) is 0. The lowest BCUT2D eigenvalue weighted by Gasteiger charge is -2.15. The number of aromatic nitrogens is 1. The fraction of sp³-hybridized carbons (Fsp3) is 0.643. The van der Waals surface area contributed by atoms with Crippen LogP contribution in [0, 0.1) is 0 Å². The highest BCUT2D eigenvalue weighted by Crippen LogP contribution is 2.13.